The third kappa shape index (κ3) is 4.16. The smallest absolute Gasteiger partial charge is 0.331 e. The molecule has 0 spiro atoms. The molecule has 1 amide bonds. The Hall–Kier alpha value is -3.21. The summed E-state index contributed by atoms with van der Waals surface area (Å²) in [6.45, 7) is 0. The molecular formula is C13H10N4O6S. The third-order valence-corrected chi connectivity index (χ3v) is 3.57. The van der Waals surface area contributed by atoms with Gasteiger partial charge in [-0.1, -0.05) is 0 Å². The van der Waals surface area contributed by atoms with E-state index >= 15 is 0 Å². The first-order valence-electron chi connectivity index (χ1n) is 6.28. The highest BCUT2D eigenvalue weighted by Gasteiger charge is 2.25. The topological polar surface area (TPSA) is 143 Å². The molecule has 1 aromatic carbocycles. The van der Waals surface area contributed by atoms with Gasteiger partial charge in [-0.05, 0) is 17.8 Å². The summed E-state index contributed by atoms with van der Waals surface area (Å²) in [5.41, 5.74) is -0.123. The van der Waals surface area contributed by atoms with E-state index in [9.17, 15) is 24.8 Å². The molecule has 0 saturated carbocycles. The number of ether oxygens (including phenoxy) is 1. The second-order valence-electron chi connectivity index (χ2n) is 4.24. The summed E-state index contributed by atoms with van der Waals surface area (Å²) in [5.74, 6) is -1.42. The van der Waals surface area contributed by atoms with Gasteiger partial charge in [0.05, 0.1) is 23.2 Å². The van der Waals surface area contributed by atoms with Crippen LogP contribution in [0.3, 0.4) is 0 Å². The first-order valence-corrected chi connectivity index (χ1v) is 7.09. The van der Waals surface area contributed by atoms with Gasteiger partial charge in [-0.3, -0.25) is 20.2 Å². The van der Waals surface area contributed by atoms with E-state index in [1.54, 1.807) is 0 Å². The molecule has 1 saturated heterocycles. The van der Waals surface area contributed by atoms with Crippen LogP contribution in [0.2, 0.25) is 0 Å². The summed E-state index contributed by atoms with van der Waals surface area (Å²) >= 11 is 0.875. The lowest BCUT2D eigenvalue weighted by Gasteiger charge is -1.97. The van der Waals surface area contributed by atoms with E-state index in [4.69, 9.17) is 0 Å². The molecule has 0 aromatic heterocycles. The first kappa shape index (κ1) is 17.1. The second-order valence-corrected chi connectivity index (χ2v) is 5.27. The van der Waals surface area contributed by atoms with Crippen molar-refractivity contribution in [1.82, 2.24) is 5.32 Å². The Balaban J connectivity index is 2.14. The van der Waals surface area contributed by atoms with Gasteiger partial charge in [0.2, 0.25) is 0 Å². The minimum absolute atomic E-state index is 0.0909. The monoisotopic (exact) mass is 350 g/mol. The number of hydrogen-bond donors (Lipinski definition) is 2. The molecule has 10 nitrogen and oxygen atoms in total. The molecule has 11 heteroatoms. The van der Waals surface area contributed by atoms with Gasteiger partial charge < -0.3 is 9.84 Å². The number of carbonyl (C=O) groups is 2. The number of amides is 1. The number of phenolic OH excluding ortho intramolecular Hbond substituents is 1. The molecule has 0 aliphatic carbocycles. The van der Waals surface area contributed by atoms with Crippen molar-refractivity contribution >= 4 is 40.7 Å². The van der Waals surface area contributed by atoms with Gasteiger partial charge in [0.15, 0.2) is 5.17 Å². The Morgan fingerprint density at radius 3 is 2.92 bits per heavy atom. The molecule has 0 bridgehead atoms. The Kier molecular flexibility index (Phi) is 5.27. The van der Waals surface area contributed by atoms with Crippen LogP contribution in [0.15, 0.2) is 39.4 Å². The van der Waals surface area contributed by atoms with Crippen molar-refractivity contribution in [2.24, 2.45) is 10.2 Å². The fourth-order valence-electron chi connectivity index (χ4n) is 1.54. The van der Waals surface area contributed by atoms with E-state index < -0.39 is 16.8 Å². The normalized spacial score (nSPS) is 17.5. The zero-order valence-corrected chi connectivity index (χ0v) is 12.9. The second kappa shape index (κ2) is 7.37. The molecular weight excluding hydrogens is 340 g/mol. The maximum absolute atomic E-state index is 11.6. The van der Waals surface area contributed by atoms with Gasteiger partial charge in [-0.2, -0.15) is 5.10 Å². The van der Waals surface area contributed by atoms with Crippen LogP contribution in [0.5, 0.6) is 5.75 Å². The van der Waals surface area contributed by atoms with E-state index in [0.717, 1.165) is 42.3 Å². The molecule has 1 aromatic rings. The Bertz CT molecular complexity index is 802. The largest absolute Gasteiger partial charge is 0.507 e. The lowest BCUT2D eigenvalue weighted by Crippen LogP contribution is -2.19. The van der Waals surface area contributed by atoms with Crippen molar-refractivity contribution in [1.29, 1.82) is 0 Å². The molecule has 0 unspecified atom stereocenters. The zero-order valence-electron chi connectivity index (χ0n) is 12.1. The van der Waals surface area contributed by atoms with E-state index in [2.05, 4.69) is 20.3 Å². The van der Waals surface area contributed by atoms with Crippen LogP contribution < -0.4 is 5.32 Å². The summed E-state index contributed by atoms with van der Waals surface area (Å²) in [5, 5.41) is 30.2. The molecule has 1 aliphatic rings. The summed E-state index contributed by atoms with van der Waals surface area (Å²) < 4.78 is 4.42. The van der Waals surface area contributed by atoms with Crippen LogP contribution >= 0.6 is 11.8 Å². The summed E-state index contributed by atoms with van der Waals surface area (Å²) in [6, 6.07) is 3.44. The molecule has 1 heterocycles. The first-order chi connectivity index (χ1) is 11.4. The van der Waals surface area contributed by atoms with Gasteiger partial charge in [-0.25, -0.2) is 4.79 Å². The lowest BCUT2D eigenvalue weighted by molar-refractivity contribution is -0.384. The standard InChI is InChI=1S/C13H10N4O6S/c1-23-11(19)5-10-12(20)15-13(24-10)16-14-6-7-4-8(17(21)22)2-3-9(7)18/h2-6,18H,1H3,(H,15,16,20)/b10-5+,14-6?. The van der Waals surface area contributed by atoms with Gasteiger partial charge in [0.25, 0.3) is 11.6 Å². The predicted molar refractivity (Wildman–Crippen MR) is 85.6 cm³/mol. The van der Waals surface area contributed by atoms with Gasteiger partial charge >= 0.3 is 5.97 Å². The van der Waals surface area contributed by atoms with Crippen LogP contribution in [0.1, 0.15) is 5.56 Å². The van der Waals surface area contributed by atoms with E-state index in [1.807, 2.05) is 0 Å². The highest BCUT2D eigenvalue weighted by Crippen LogP contribution is 2.24. The number of phenols is 1. The summed E-state index contributed by atoms with van der Waals surface area (Å²) in [7, 11) is 1.18. The number of rotatable bonds is 4. The van der Waals surface area contributed by atoms with Gasteiger partial charge in [0, 0.05) is 23.8 Å². The molecule has 2 N–H and O–H groups in total. The average molecular weight is 350 g/mol. The number of nitrogens with zero attached hydrogens (tertiary/aromatic N) is 3. The van der Waals surface area contributed by atoms with Crippen LogP contribution in [0, 0.1) is 10.1 Å². The van der Waals surface area contributed by atoms with Crippen LogP contribution in [-0.4, -0.2) is 40.4 Å². The molecule has 2 rings (SSSR count). The van der Waals surface area contributed by atoms with E-state index in [0.29, 0.717) is 0 Å². The Labute approximate surface area is 139 Å². The van der Waals surface area contributed by atoms with E-state index in [1.165, 1.54) is 7.11 Å². The van der Waals surface area contributed by atoms with Crippen molar-refractivity contribution in [2.45, 2.75) is 0 Å². The third-order valence-electron chi connectivity index (χ3n) is 2.67. The summed E-state index contributed by atoms with van der Waals surface area (Å²) in [6.07, 6.45) is 2.11. The zero-order chi connectivity index (χ0) is 17.7. The number of non-ortho nitro benzene ring substituents is 1. The minimum Gasteiger partial charge on any atom is -0.507 e. The molecule has 1 fully saturated rings. The fourth-order valence-corrected chi connectivity index (χ4v) is 2.28. The number of esters is 1. The molecule has 24 heavy (non-hydrogen) atoms. The minimum atomic E-state index is -0.682. The maximum Gasteiger partial charge on any atom is 0.331 e. The van der Waals surface area contributed by atoms with E-state index in [-0.39, 0.29) is 27.1 Å². The quantitative estimate of drug-likeness (QED) is 0.270. The van der Waals surface area contributed by atoms with Crippen LogP contribution in [0.4, 0.5) is 5.69 Å². The number of nitrogens with one attached hydrogen (secondary N) is 1. The molecule has 124 valence electrons. The number of thioether (sulfide) groups is 1. The van der Waals surface area contributed by atoms with Gasteiger partial charge in [-0.15, -0.1) is 5.10 Å². The van der Waals surface area contributed by atoms with Crippen molar-refractivity contribution < 1.29 is 24.4 Å². The van der Waals surface area contributed by atoms with Crippen molar-refractivity contribution in [2.75, 3.05) is 7.11 Å². The average Bonchev–Trinajstić information content (AvgIpc) is 2.88. The summed E-state index contributed by atoms with van der Waals surface area (Å²) in [4.78, 5) is 32.9. The van der Waals surface area contributed by atoms with Crippen LogP contribution in [0.25, 0.3) is 0 Å². The Morgan fingerprint density at radius 2 is 2.25 bits per heavy atom. The number of carbonyl (C=O) groups excluding carboxylic acids is 2. The molecule has 1 aliphatic heterocycles. The maximum atomic E-state index is 11.6. The van der Waals surface area contributed by atoms with Crippen molar-refractivity contribution in [3.63, 3.8) is 0 Å². The van der Waals surface area contributed by atoms with Crippen molar-refractivity contribution in [3.8, 4) is 5.75 Å². The number of nitro groups is 1. The molecule has 0 radical (unpaired) electrons. The number of methoxy groups -OCH3 is 1. The number of amidine groups is 1. The number of nitro benzene ring substituents is 1. The van der Waals surface area contributed by atoms with Gasteiger partial charge in [0.1, 0.15) is 5.75 Å². The Morgan fingerprint density at radius 1 is 1.50 bits per heavy atom. The predicted octanol–water partition coefficient (Wildman–Crippen LogP) is 0.910. The SMILES string of the molecule is COC(=O)/C=C1/S/C(=N\N=Cc2cc([N+](=O)[O-])ccc2O)NC1=O. The molecule has 0 atom stereocenters. The van der Waals surface area contributed by atoms with Crippen LogP contribution in [-0.2, 0) is 14.3 Å². The fraction of sp³-hybridized carbons (Fsp3) is 0.0769. The lowest BCUT2D eigenvalue weighted by atomic mass is 10.2. The highest BCUT2D eigenvalue weighted by molar-refractivity contribution is 8.18. The highest BCUT2D eigenvalue weighted by atomic mass is 32.2. The van der Waals surface area contributed by atoms with Crippen molar-refractivity contribution in [3.05, 3.63) is 44.9 Å². The number of benzene rings is 1. The number of hydrogen-bond acceptors (Lipinski definition) is 9. The number of aromatic hydroxyl groups is 1.